The van der Waals surface area contributed by atoms with Gasteiger partial charge in [-0.25, -0.2) is 0 Å². The molecule has 1 aromatic rings. The summed E-state index contributed by atoms with van der Waals surface area (Å²) in [6.07, 6.45) is 2.38. The van der Waals surface area contributed by atoms with Crippen LogP contribution in [-0.2, 0) is 4.79 Å². The van der Waals surface area contributed by atoms with Gasteiger partial charge in [-0.3, -0.25) is 4.79 Å². The molecule has 18 heavy (non-hydrogen) atoms. The summed E-state index contributed by atoms with van der Waals surface area (Å²) >= 11 is 3.51. The van der Waals surface area contributed by atoms with E-state index in [9.17, 15) is 4.79 Å². The Morgan fingerprint density at radius 3 is 2.83 bits per heavy atom. The smallest absolute Gasteiger partial charge is 0.216 e. The molecular formula is C14H19BrN2O. The molecule has 2 rings (SSSR count). The Labute approximate surface area is 116 Å². The fourth-order valence-electron chi connectivity index (χ4n) is 2.33. The number of carbonyl (C=O) groups excluding carboxylic acids is 1. The first-order valence-corrected chi connectivity index (χ1v) is 7.17. The van der Waals surface area contributed by atoms with Crippen LogP contribution in [0.2, 0.25) is 0 Å². The lowest BCUT2D eigenvalue weighted by atomic mass is 9.76. The Morgan fingerprint density at radius 2 is 2.17 bits per heavy atom. The van der Waals surface area contributed by atoms with E-state index < -0.39 is 0 Å². The van der Waals surface area contributed by atoms with Crippen molar-refractivity contribution < 1.29 is 4.79 Å². The molecule has 0 spiro atoms. The van der Waals surface area contributed by atoms with E-state index >= 15 is 0 Å². The largest absolute Gasteiger partial charge is 0.355 e. The van der Waals surface area contributed by atoms with Crippen molar-refractivity contribution in [2.75, 3.05) is 13.1 Å². The summed E-state index contributed by atoms with van der Waals surface area (Å²) in [4.78, 5) is 10.7. The second kappa shape index (κ2) is 6.34. The molecule has 0 atom stereocenters. The van der Waals surface area contributed by atoms with Crippen LogP contribution < -0.4 is 10.6 Å². The molecule has 0 bridgehead atoms. The van der Waals surface area contributed by atoms with Crippen molar-refractivity contribution in [3.63, 3.8) is 0 Å². The van der Waals surface area contributed by atoms with E-state index in [0.717, 1.165) is 11.0 Å². The number of hydrogen-bond acceptors (Lipinski definition) is 2. The van der Waals surface area contributed by atoms with Gasteiger partial charge in [0.25, 0.3) is 0 Å². The molecule has 1 amide bonds. The molecule has 1 aliphatic rings. The molecule has 3 nitrogen and oxygen atoms in total. The summed E-state index contributed by atoms with van der Waals surface area (Å²) in [5.74, 6) is 0.721. The van der Waals surface area contributed by atoms with Crippen molar-refractivity contribution >= 4 is 21.8 Å². The van der Waals surface area contributed by atoms with Crippen LogP contribution in [0.25, 0.3) is 0 Å². The van der Waals surface area contributed by atoms with Gasteiger partial charge in [0.15, 0.2) is 0 Å². The van der Waals surface area contributed by atoms with E-state index in [4.69, 9.17) is 0 Å². The fourth-order valence-corrected chi connectivity index (χ4v) is 2.75. The van der Waals surface area contributed by atoms with Crippen LogP contribution in [0.15, 0.2) is 28.7 Å². The molecule has 0 radical (unpaired) electrons. The van der Waals surface area contributed by atoms with Crippen molar-refractivity contribution in [3.8, 4) is 0 Å². The summed E-state index contributed by atoms with van der Waals surface area (Å²) in [6, 6.07) is 9.16. The van der Waals surface area contributed by atoms with Gasteiger partial charge in [0.1, 0.15) is 0 Å². The number of amides is 1. The first kappa shape index (κ1) is 13.6. The summed E-state index contributed by atoms with van der Waals surface area (Å²) in [6.45, 7) is 3.12. The maximum Gasteiger partial charge on any atom is 0.216 e. The molecular weight excluding hydrogens is 292 g/mol. The van der Waals surface area contributed by atoms with Gasteiger partial charge in [-0.05, 0) is 36.5 Å². The van der Waals surface area contributed by atoms with Gasteiger partial charge < -0.3 is 10.6 Å². The van der Waals surface area contributed by atoms with Crippen LogP contribution in [0, 0.1) is 0 Å². The number of nitrogens with one attached hydrogen (secondary N) is 2. The Bertz CT molecular complexity index is 416. The molecule has 0 unspecified atom stereocenters. The standard InChI is InChI=1S/C14H19BrN2O/c1-10(18)16-5-6-17-14-8-12(9-14)11-3-2-4-13(15)7-11/h2-4,7,12,14,17H,5-6,8-9H2,1H3,(H,16,18). The fraction of sp³-hybridized carbons (Fsp3) is 0.500. The first-order chi connectivity index (χ1) is 8.65. The van der Waals surface area contributed by atoms with Gasteiger partial charge in [0.05, 0.1) is 0 Å². The van der Waals surface area contributed by atoms with Crippen LogP contribution in [0.5, 0.6) is 0 Å². The predicted octanol–water partition coefficient (Wildman–Crippen LogP) is 2.42. The van der Waals surface area contributed by atoms with Gasteiger partial charge in [-0.15, -0.1) is 0 Å². The minimum Gasteiger partial charge on any atom is -0.355 e. The van der Waals surface area contributed by atoms with Crippen molar-refractivity contribution in [1.82, 2.24) is 10.6 Å². The van der Waals surface area contributed by atoms with E-state index in [0.29, 0.717) is 18.5 Å². The second-order valence-electron chi connectivity index (χ2n) is 4.86. The number of rotatable bonds is 5. The van der Waals surface area contributed by atoms with Gasteiger partial charge in [-0.2, -0.15) is 0 Å². The lowest BCUT2D eigenvalue weighted by Gasteiger charge is -2.36. The van der Waals surface area contributed by atoms with Crippen molar-refractivity contribution in [3.05, 3.63) is 34.3 Å². The SMILES string of the molecule is CC(=O)NCCNC1CC(c2cccc(Br)c2)C1. The summed E-state index contributed by atoms with van der Waals surface area (Å²) in [5, 5.41) is 6.25. The van der Waals surface area contributed by atoms with Gasteiger partial charge in [-0.1, -0.05) is 28.1 Å². The second-order valence-corrected chi connectivity index (χ2v) is 5.77. The molecule has 1 aliphatic carbocycles. The van der Waals surface area contributed by atoms with Crippen LogP contribution in [-0.4, -0.2) is 25.0 Å². The van der Waals surface area contributed by atoms with Gasteiger partial charge >= 0.3 is 0 Å². The number of carbonyl (C=O) groups is 1. The third-order valence-electron chi connectivity index (χ3n) is 3.39. The number of hydrogen-bond donors (Lipinski definition) is 2. The van der Waals surface area contributed by atoms with Crippen LogP contribution in [0.3, 0.4) is 0 Å². The molecule has 0 saturated heterocycles. The molecule has 0 aromatic heterocycles. The summed E-state index contributed by atoms with van der Waals surface area (Å²) in [5.41, 5.74) is 1.42. The molecule has 98 valence electrons. The summed E-state index contributed by atoms with van der Waals surface area (Å²) < 4.78 is 1.15. The first-order valence-electron chi connectivity index (χ1n) is 6.38. The normalized spacial score (nSPS) is 22.3. The van der Waals surface area contributed by atoms with Gasteiger partial charge in [0, 0.05) is 30.5 Å². The van der Waals surface area contributed by atoms with Crippen molar-refractivity contribution in [2.45, 2.75) is 31.7 Å². The number of halogens is 1. The van der Waals surface area contributed by atoms with Crippen LogP contribution >= 0.6 is 15.9 Å². The average molecular weight is 311 g/mol. The monoisotopic (exact) mass is 310 g/mol. The zero-order chi connectivity index (χ0) is 13.0. The lowest BCUT2D eigenvalue weighted by Crippen LogP contribution is -2.43. The van der Waals surface area contributed by atoms with Crippen molar-refractivity contribution in [2.24, 2.45) is 0 Å². The highest BCUT2D eigenvalue weighted by atomic mass is 79.9. The zero-order valence-electron chi connectivity index (χ0n) is 10.6. The highest BCUT2D eigenvalue weighted by Gasteiger charge is 2.29. The average Bonchev–Trinajstić information content (AvgIpc) is 2.25. The van der Waals surface area contributed by atoms with Crippen LogP contribution in [0.1, 0.15) is 31.2 Å². The minimum atomic E-state index is 0.0393. The topological polar surface area (TPSA) is 41.1 Å². The predicted molar refractivity (Wildman–Crippen MR) is 76.6 cm³/mol. The maximum atomic E-state index is 10.7. The van der Waals surface area contributed by atoms with E-state index in [1.807, 2.05) is 0 Å². The third-order valence-corrected chi connectivity index (χ3v) is 3.88. The van der Waals surface area contributed by atoms with Gasteiger partial charge in [0.2, 0.25) is 5.91 Å². The number of benzene rings is 1. The Balaban J connectivity index is 1.66. The molecule has 4 heteroatoms. The van der Waals surface area contributed by atoms with Crippen LogP contribution in [0.4, 0.5) is 0 Å². The van der Waals surface area contributed by atoms with E-state index in [1.165, 1.54) is 18.4 Å². The Hall–Kier alpha value is -0.870. The van der Waals surface area contributed by atoms with E-state index in [2.05, 4.69) is 50.8 Å². The Morgan fingerprint density at radius 1 is 1.39 bits per heavy atom. The lowest BCUT2D eigenvalue weighted by molar-refractivity contribution is -0.118. The quantitative estimate of drug-likeness (QED) is 0.820. The van der Waals surface area contributed by atoms with Crippen molar-refractivity contribution in [1.29, 1.82) is 0 Å². The third kappa shape index (κ3) is 3.82. The Kier molecular flexibility index (Phi) is 4.78. The maximum absolute atomic E-state index is 10.7. The molecule has 1 fully saturated rings. The van der Waals surface area contributed by atoms with E-state index in [-0.39, 0.29) is 5.91 Å². The minimum absolute atomic E-state index is 0.0393. The highest BCUT2D eigenvalue weighted by molar-refractivity contribution is 9.10. The summed E-state index contributed by atoms with van der Waals surface area (Å²) in [7, 11) is 0. The molecule has 0 aliphatic heterocycles. The molecule has 2 N–H and O–H groups in total. The zero-order valence-corrected chi connectivity index (χ0v) is 12.2. The molecule has 1 aromatic carbocycles. The van der Waals surface area contributed by atoms with E-state index in [1.54, 1.807) is 6.92 Å². The highest BCUT2D eigenvalue weighted by Crippen LogP contribution is 2.37. The molecule has 0 heterocycles. The molecule has 1 saturated carbocycles.